The molecule has 0 aliphatic carbocycles. The van der Waals surface area contributed by atoms with Crippen molar-refractivity contribution >= 4 is 11.3 Å². The number of nitrogens with two attached hydrogens (primary N) is 1. The summed E-state index contributed by atoms with van der Waals surface area (Å²) in [7, 11) is 0. The van der Waals surface area contributed by atoms with Gasteiger partial charge in [0.2, 0.25) is 0 Å². The lowest BCUT2D eigenvalue weighted by Gasteiger charge is -2.21. The number of aromatic nitrogens is 2. The molecule has 0 aliphatic heterocycles. The first-order chi connectivity index (χ1) is 15.2. The minimum atomic E-state index is 0.725. The third kappa shape index (κ3) is 4.89. The van der Waals surface area contributed by atoms with Gasteiger partial charge >= 0.3 is 0 Å². The number of anilines is 1. The third-order valence-electron chi connectivity index (χ3n) is 5.41. The number of fused-ring (bicyclic) bond motifs is 1. The van der Waals surface area contributed by atoms with Gasteiger partial charge in [-0.1, -0.05) is 44.2 Å². The van der Waals surface area contributed by atoms with Crippen LogP contribution in [0.25, 0.3) is 16.9 Å². The average Bonchev–Trinajstić information content (AvgIpc) is 3.15. The monoisotopic (exact) mass is 414 g/mol. The van der Waals surface area contributed by atoms with Crippen LogP contribution < -0.4 is 10.5 Å². The number of ether oxygens (including phenoxy) is 1. The van der Waals surface area contributed by atoms with E-state index in [4.69, 9.17) is 15.5 Å². The average molecular weight is 415 g/mol. The number of benzene rings is 2. The van der Waals surface area contributed by atoms with Crippen LogP contribution in [0.2, 0.25) is 0 Å². The Bertz CT molecular complexity index is 1120. The van der Waals surface area contributed by atoms with Crippen molar-refractivity contribution in [2.75, 3.05) is 18.9 Å². The molecule has 0 atom stereocenters. The van der Waals surface area contributed by atoms with Crippen molar-refractivity contribution in [1.29, 1.82) is 0 Å². The van der Waals surface area contributed by atoms with Gasteiger partial charge in [0.15, 0.2) is 0 Å². The molecule has 2 aromatic carbocycles. The molecule has 0 aliphatic rings. The summed E-state index contributed by atoms with van der Waals surface area (Å²) in [6, 6.07) is 22.7. The summed E-state index contributed by atoms with van der Waals surface area (Å²) in [4.78, 5) is 7.37. The lowest BCUT2D eigenvalue weighted by Crippen LogP contribution is -2.23. The Kier molecular flexibility index (Phi) is 6.53. The number of nitrogens with zero attached hydrogens (tertiary/aromatic N) is 3. The summed E-state index contributed by atoms with van der Waals surface area (Å²) in [5.41, 5.74) is 12.3. The SMILES string of the molecule is CCCOc1ccc(-c2nc3ccc(N)cn3c2CN(CC)Cc2ccccc2)cc1. The maximum atomic E-state index is 6.12. The zero-order valence-corrected chi connectivity index (χ0v) is 18.3. The minimum absolute atomic E-state index is 0.725. The summed E-state index contributed by atoms with van der Waals surface area (Å²) in [6.45, 7) is 7.63. The van der Waals surface area contributed by atoms with E-state index >= 15 is 0 Å². The predicted octanol–water partition coefficient (Wildman–Crippen LogP) is 5.39. The van der Waals surface area contributed by atoms with E-state index < -0.39 is 0 Å². The number of hydrogen-bond donors (Lipinski definition) is 1. The van der Waals surface area contributed by atoms with Crippen molar-refractivity contribution in [3.63, 3.8) is 0 Å². The molecule has 5 heteroatoms. The highest BCUT2D eigenvalue weighted by atomic mass is 16.5. The maximum Gasteiger partial charge on any atom is 0.137 e. The zero-order valence-electron chi connectivity index (χ0n) is 18.3. The van der Waals surface area contributed by atoms with E-state index in [0.29, 0.717) is 0 Å². The number of imidazole rings is 1. The van der Waals surface area contributed by atoms with E-state index in [0.717, 1.165) is 66.7 Å². The number of rotatable bonds is 9. The van der Waals surface area contributed by atoms with Gasteiger partial charge in [-0.2, -0.15) is 0 Å². The fourth-order valence-electron chi connectivity index (χ4n) is 3.75. The zero-order chi connectivity index (χ0) is 21.6. The Morgan fingerprint density at radius 1 is 0.935 bits per heavy atom. The Morgan fingerprint density at radius 3 is 2.42 bits per heavy atom. The highest BCUT2D eigenvalue weighted by Crippen LogP contribution is 2.28. The molecule has 4 rings (SSSR count). The van der Waals surface area contributed by atoms with Crippen molar-refractivity contribution in [2.24, 2.45) is 0 Å². The fourth-order valence-corrected chi connectivity index (χ4v) is 3.75. The Balaban J connectivity index is 1.69. The summed E-state index contributed by atoms with van der Waals surface area (Å²) in [5.74, 6) is 0.888. The molecule has 0 amide bonds. The van der Waals surface area contributed by atoms with Crippen LogP contribution in [-0.4, -0.2) is 27.4 Å². The molecular weight excluding hydrogens is 384 g/mol. The Morgan fingerprint density at radius 2 is 1.71 bits per heavy atom. The first kappa shape index (κ1) is 20.9. The van der Waals surface area contributed by atoms with E-state index in [2.05, 4.69) is 65.6 Å². The summed E-state index contributed by atoms with van der Waals surface area (Å²) in [5, 5.41) is 0. The van der Waals surface area contributed by atoms with Gasteiger partial charge in [0.1, 0.15) is 11.4 Å². The third-order valence-corrected chi connectivity index (χ3v) is 5.41. The van der Waals surface area contributed by atoms with Gasteiger partial charge < -0.3 is 14.9 Å². The van der Waals surface area contributed by atoms with Gasteiger partial charge in [0.05, 0.1) is 18.0 Å². The van der Waals surface area contributed by atoms with Crippen LogP contribution in [0.5, 0.6) is 5.75 Å². The standard InChI is InChI=1S/C26H30N4O/c1-3-16-31-23-13-10-21(11-14-23)26-24(30-18-22(27)12-15-25(30)28-26)19-29(4-2)17-20-8-6-5-7-9-20/h5-15,18H,3-4,16-17,19,27H2,1-2H3. The van der Waals surface area contributed by atoms with Crippen LogP contribution in [-0.2, 0) is 13.1 Å². The van der Waals surface area contributed by atoms with Crippen LogP contribution in [0.1, 0.15) is 31.5 Å². The molecule has 0 fully saturated rings. The largest absolute Gasteiger partial charge is 0.494 e. The van der Waals surface area contributed by atoms with Gasteiger partial charge in [0, 0.05) is 30.5 Å². The van der Waals surface area contributed by atoms with Crippen molar-refractivity contribution in [2.45, 2.75) is 33.4 Å². The minimum Gasteiger partial charge on any atom is -0.494 e. The molecule has 160 valence electrons. The van der Waals surface area contributed by atoms with Crippen molar-refractivity contribution < 1.29 is 4.74 Å². The van der Waals surface area contributed by atoms with E-state index in [1.165, 1.54) is 5.56 Å². The van der Waals surface area contributed by atoms with Crippen LogP contribution in [0.4, 0.5) is 5.69 Å². The molecule has 31 heavy (non-hydrogen) atoms. The fraction of sp³-hybridized carbons (Fsp3) is 0.269. The summed E-state index contributed by atoms with van der Waals surface area (Å²) >= 11 is 0. The molecule has 5 nitrogen and oxygen atoms in total. The maximum absolute atomic E-state index is 6.12. The Labute approximate surface area is 184 Å². The van der Waals surface area contributed by atoms with E-state index in [-0.39, 0.29) is 0 Å². The topological polar surface area (TPSA) is 55.8 Å². The van der Waals surface area contributed by atoms with Gasteiger partial charge in [-0.3, -0.25) is 4.90 Å². The summed E-state index contributed by atoms with van der Waals surface area (Å²) < 4.78 is 7.87. The molecule has 4 aromatic rings. The molecular formula is C26H30N4O. The number of pyridine rings is 1. The molecule has 2 heterocycles. The first-order valence-electron chi connectivity index (χ1n) is 10.9. The highest BCUT2D eigenvalue weighted by Gasteiger charge is 2.17. The van der Waals surface area contributed by atoms with Crippen LogP contribution in [0, 0.1) is 0 Å². The molecule has 0 bridgehead atoms. The molecule has 2 N–H and O–H groups in total. The second-order valence-corrected chi connectivity index (χ2v) is 7.76. The Hall–Kier alpha value is -3.31. The number of hydrogen-bond acceptors (Lipinski definition) is 4. The lowest BCUT2D eigenvalue weighted by atomic mass is 10.1. The van der Waals surface area contributed by atoms with Crippen molar-refractivity contribution in [3.8, 4) is 17.0 Å². The van der Waals surface area contributed by atoms with Crippen LogP contribution in [0.3, 0.4) is 0 Å². The molecule has 0 saturated carbocycles. The second-order valence-electron chi connectivity index (χ2n) is 7.76. The first-order valence-corrected chi connectivity index (χ1v) is 10.9. The number of nitrogen functional groups attached to an aromatic ring is 1. The van der Waals surface area contributed by atoms with E-state index in [1.54, 1.807) is 0 Å². The highest BCUT2D eigenvalue weighted by molar-refractivity contribution is 5.68. The van der Waals surface area contributed by atoms with E-state index in [1.807, 2.05) is 30.5 Å². The predicted molar refractivity (Wildman–Crippen MR) is 127 cm³/mol. The quantitative estimate of drug-likeness (QED) is 0.399. The van der Waals surface area contributed by atoms with Gasteiger partial charge in [-0.15, -0.1) is 0 Å². The molecule has 2 aromatic heterocycles. The lowest BCUT2D eigenvalue weighted by molar-refractivity contribution is 0.268. The van der Waals surface area contributed by atoms with Crippen LogP contribution in [0.15, 0.2) is 72.9 Å². The molecule has 0 spiro atoms. The van der Waals surface area contributed by atoms with Gasteiger partial charge in [-0.05, 0) is 54.9 Å². The van der Waals surface area contributed by atoms with Gasteiger partial charge in [-0.25, -0.2) is 4.98 Å². The summed E-state index contributed by atoms with van der Waals surface area (Å²) in [6.07, 6.45) is 2.96. The van der Waals surface area contributed by atoms with Crippen molar-refractivity contribution in [3.05, 3.63) is 84.2 Å². The molecule has 0 saturated heterocycles. The smallest absolute Gasteiger partial charge is 0.137 e. The molecule has 0 unspecified atom stereocenters. The normalized spacial score (nSPS) is 11.3. The van der Waals surface area contributed by atoms with E-state index in [9.17, 15) is 0 Å². The van der Waals surface area contributed by atoms with Crippen LogP contribution >= 0.6 is 0 Å². The molecule has 0 radical (unpaired) electrons. The van der Waals surface area contributed by atoms with Gasteiger partial charge in [0.25, 0.3) is 0 Å². The van der Waals surface area contributed by atoms with Crippen molar-refractivity contribution in [1.82, 2.24) is 14.3 Å². The second kappa shape index (κ2) is 9.67.